The molecule has 4 rings (SSSR count). The van der Waals surface area contributed by atoms with Gasteiger partial charge < -0.3 is 20.9 Å². The Morgan fingerprint density at radius 1 is 0.906 bits per heavy atom. The summed E-state index contributed by atoms with van der Waals surface area (Å²) >= 11 is 0. The second-order valence-corrected chi connectivity index (χ2v) is 7.59. The summed E-state index contributed by atoms with van der Waals surface area (Å²) in [6.07, 6.45) is -0.936. The molecule has 0 heterocycles. The molecule has 1 aliphatic rings. The molecule has 0 aliphatic heterocycles. The molecule has 0 saturated heterocycles. The van der Waals surface area contributed by atoms with E-state index < -0.39 is 24.0 Å². The zero-order valence-corrected chi connectivity index (χ0v) is 17.2. The average Bonchev–Trinajstić information content (AvgIpc) is 3.11. The molecule has 3 aromatic rings. The molecule has 0 aromatic heterocycles. The number of benzene rings is 3. The summed E-state index contributed by atoms with van der Waals surface area (Å²) in [4.78, 5) is 35.8. The number of fused-ring (bicyclic) bond motifs is 3. The summed E-state index contributed by atoms with van der Waals surface area (Å²) in [6.45, 7) is 0.0735. The fraction of sp³-hybridized carbons (Fsp3) is 0.160. The summed E-state index contributed by atoms with van der Waals surface area (Å²) in [5.41, 5.74) is 10.3. The first-order valence-electron chi connectivity index (χ1n) is 10.2. The minimum Gasteiger partial charge on any atom is -0.480 e. The van der Waals surface area contributed by atoms with Gasteiger partial charge in [-0.3, -0.25) is 4.79 Å². The van der Waals surface area contributed by atoms with Crippen molar-refractivity contribution in [3.63, 3.8) is 0 Å². The molecular weight excluding hydrogens is 408 g/mol. The van der Waals surface area contributed by atoms with E-state index in [2.05, 4.69) is 5.32 Å². The van der Waals surface area contributed by atoms with Crippen LogP contribution in [0.25, 0.3) is 11.1 Å². The van der Waals surface area contributed by atoms with Crippen molar-refractivity contribution >= 4 is 18.0 Å². The molecule has 7 nitrogen and oxygen atoms in total. The predicted molar refractivity (Wildman–Crippen MR) is 118 cm³/mol. The van der Waals surface area contributed by atoms with Crippen molar-refractivity contribution in [1.29, 1.82) is 0 Å². The lowest BCUT2D eigenvalue weighted by atomic mass is 9.98. The van der Waals surface area contributed by atoms with Crippen LogP contribution in [-0.4, -0.2) is 35.7 Å². The predicted octanol–water partition coefficient (Wildman–Crippen LogP) is 3.32. The highest BCUT2D eigenvalue weighted by Crippen LogP contribution is 2.44. The third-order valence-electron chi connectivity index (χ3n) is 5.64. The monoisotopic (exact) mass is 430 g/mol. The number of carbonyl (C=O) groups is 3. The minimum absolute atomic E-state index is 0.0735. The molecule has 1 atom stereocenters. The maximum atomic E-state index is 12.5. The molecule has 162 valence electrons. The van der Waals surface area contributed by atoms with Gasteiger partial charge in [-0.1, -0.05) is 66.7 Å². The van der Waals surface area contributed by atoms with Gasteiger partial charge in [0.1, 0.15) is 12.6 Å². The molecule has 0 bridgehead atoms. The number of nitrogens with one attached hydrogen (secondary N) is 1. The Morgan fingerprint density at radius 2 is 1.47 bits per heavy atom. The smallest absolute Gasteiger partial charge is 0.407 e. The highest BCUT2D eigenvalue weighted by atomic mass is 16.5. The lowest BCUT2D eigenvalue weighted by molar-refractivity contribution is -0.139. The zero-order valence-electron chi connectivity index (χ0n) is 17.2. The van der Waals surface area contributed by atoms with Crippen molar-refractivity contribution in [2.75, 3.05) is 6.61 Å². The van der Waals surface area contributed by atoms with Crippen LogP contribution in [0.4, 0.5) is 4.79 Å². The van der Waals surface area contributed by atoms with Crippen molar-refractivity contribution in [3.8, 4) is 11.1 Å². The molecule has 7 heteroatoms. The third-order valence-corrected chi connectivity index (χ3v) is 5.64. The fourth-order valence-corrected chi connectivity index (χ4v) is 4.14. The van der Waals surface area contributed by atoms with Gasteiger partial charge in [-0.2, -0.15) is 0 Å². The number of rotatable bonds is 7. The molecule has 0 fully saturated rings. The number of alkyl carbamates (subject to hydrolysis) is 1. The van der Waals surface area contributed by atoms with E-state index in [-0.39, 0.29) is 24.5 Å². The van der Waals surface area contributed by atoms with Gasteiger partial charge in [-0.15, -0.1) is 0 Å². The number of amides is 2. The fourth-order valence-electron chi connectivity index (χ4n) is 4.14. The van der Waals surface area contributed by atoms with E-state index in [0.717, 1.165) is 22.3 Å². The van der Waals surface area contributed by atoms with Crippen LogP contribution in [-0.2, 0) is 16.0 Å². The first-order valence-corrected chi connectivity index (χ1v) is 10.2. The lowest BCUT2D eigenvalue weighted by Gasteiger charge is -2.18. The summed E-state index contributed by atoms with van der Waals surface area (Å²) in [5, 5.41) is 12.0. The largest absolute Gasteiger partial charge is 0.480 e. The topological polar surface area (TPSA) is 119 Å². The van der Waals surface area contributed by atoms with E-state index >= 15 is 0 Å². The normalized spacial score (nSPS) is 13.0. The van der Waals surface area contributed by atoms with E-state index in [1.165, 1.54) is 6.07 Å². The third kappa shape index (κ3) is 4.18. The number of aliphatic carboxylic acids is 1. The van der Waals surface area contributed by atoms with Crippen LogP contribution in [0.5, 0.6) is 0 Å². The van der Waals surface area contributed by atoms with Gasteiger partial charge in [0, 0.05) is 17.9 Å². The molecule has 0 saturated carbocycles. The number of primary amides is 1. The van der Waals surface area contributed by atoms with E-state index in [9.17, 15) is 19.5 Å². The average molecular weight is 430 g/mol. The standard InChI is InChI=1S/C25H22N2O5/c26-23(28)16-8-2-1-7-15(16)13-22(24(29)30)27-25(31)32-14-21-19-11-5-3-9-17(19)18-10-4-6-12-20(18)21/h1-12,21-22H,13-14H2,(H2,26,28)(H,27,31)(H,29,30)/t22-/m0/s1. The Kier molecular flexibility index (Phi) is 5.89. The number of nitrogens with two attached hydrogens (primary N) is 1. The molecule has 4 N–H and O–H groups in total. The number of carboxylic acid groups (broad SMARTS) is 1. The van der Waals surface area contributed by atoms with Crippen molar-refractivity contribution < 1.29 is 24.2 Å². The summed E-state index contributed by atoms with van der Waals surface area (Å²) in [7, 11) is 0. The van der Waals surface area contributed by atoms with Gasteiger partial charge in [0.05, 0.1) is 0 Å². The van der Waals surface area contributed by atoms with Crippen molar-refractivity contribution in [3.05, 3.63) is 95.1 Å². The van der Waals surface area contributed by atoms with Gasteiger partial charge in [-0.25, -0.2) is 9.59 Å². The van der Waals surface area contributed by atoms with Gasteiger partial charge in [0.2, 0.25) is 5.91 Å². The molecule has 0 spiro atoms. The number of ether oxygens (including phenoxy) is 1. The highest BCUT2D eigenvalue weighted by Gasteiger charge is 2.30. The van der Waals surface area contributed by atoms with Gasteiger partial charge in [0.15, 0.2) is 0 Å². The van der Waals surface area contributed by atoms with Crippen molar-refractivity contribution in [2.45, 2.75) is 18.4 Å². The Morgan fingerprint density at radius 3 is 2.06 bits per heavy atom. The lowest BCUT2D eigenvalue weighted by Crippen LogP contribution is -2.43. The van der Waals surface area contributed by atoms with Gasteiger partial charge >= 0.3 is 12.1 Å². The van der Waals surface area contributed by atoms with Crippen LogP contribution in [0.3, 0.4) is 0 Å². The van der Waals surface area contributed by atoms with Crippen LogP contribution >= 0.6 is 0 Å². The van der Waals surface area contributed by atoms with Crippen LogP contribution in [0.15, 0.2) is 72.8 Å². The Balaban J connectivity index is 1.45. The molecule has 3 aromatic carbocycles. The van der Waals surface area contributed by atoms with Crippen LogP contribution in [0, 0.1) is 0 Å². The van der Waals surface area contributed by atoms with Gasteiger partial charge in [-0.05, 0) is 33.9 Å². The van der Waals surface area contributed by atoms with Gasteiger partial charge in [0.25, 0.3) is 0 Å². The van der Waals surface area contributed by atoms with Crippen molar-refractivity contribution in [2.24, 2.45) is 5.73 Å². The quantitative estimate of drug-likeness (QED) is 0.531. The number of carboxylic acids is 1. The van der Waals surface area contributed by atoms with Crippen LogP contribution < -0.4 is 11.1 Å². The van der Waals surface area contributed by atoms with E-state index in [1.54, 1.807) is 18.2 Å². The molecule has 2 amide bonds. The maximum Gasteiger partial charge on any atom is 0.407 e. The first kappa shape index (κ1) is 21.1. The Bertz CT molecular complexity index is 1140. The van der Waals surface area contributed by atoms with Crippen LogP contribution in [0.2, 0.25) is 0 Å². The molecule has 0 unspecified atom stereocenters. The maximum absolute atomic E-state index is 12.5. The van der Waals surface area contributed by atoms with Crippen molar-refractivity contribution in [1.82, 2.24) is 5.32 Å². The Labute approximate surface area is 184 Å². The molecule has 0 radical (unpaired) electrons. The second kappa shape index (κ2) is 8.93. The number of carbonyl (C=O) groups excluding carboxylic acids is 2. The van der Waals surface area contributed by atoms with E-state index in [1.807, 2.05) is 48.5 Å². The molecular formula is C25H22N2O5. The second-order valence-electron chi connectivity index (χ2n) is 7.59. The van der Waals surface area contributed by atoms with Crippen LogP contribution in [0.1, 0.15) is 33.0 Å². The summed E-state index contributed by atoms with van der Waals surface area (Å²) < 4.78 is 5.43. The number of hydrogen-bond acceptors (Lipinski definition) is 4. The SMILES string of the molecule is NC(=O)c1ccccc1C[C@H](NC(=O)OCC1c2ccccc2-c2ccccc21)C(=O)O. The number of hydrogen-bond donors (Lipinski definition) is 3. The highest BCUT2D eigenvalue weighted by molar-refractivity contribution is 5.94. The summed E-state index contributed by atoms with van der Waals surface area (Å²) in [5.74, 6) is -2.03. The molecule has 1 aliphatic carbocycles. The first-order chi connectivity index (χ1) is 15.5. The van der Waals surface area contributed by atoms with E-state index in [4.69, 9.17) is 10.5 Å². The zero-order chi connectivity index (χ0) is 22.7. The van der Waals surface area contributed by atoms with E-state index in [0.29, 0.717) is 5.56 Å². The minimum atomic E-state index is -1.27. The molecule has 32 heavy (non-hydrogen) atoms. The summed E-state index contributed by atoms with van der Waals surface area (Å²) in [6, 6.07) is 21.0. The Hall–Kier alpha value is -4.13.